The molecule has 2 fully saturated rings. The van der Waals surface area contributed by atoms with Crippen molar-refractivity contribution in [1.29, 1.82) is 0 Å². The van der Waals surface area contributed by atoms with Crippen LogP contribution in [0.2, 0.25) is 0 Å². The van der Waals surface area contributed by atoms with Crippen molar-refractivity contribution in [2.75, 3.05) is 13.1 Å². The number of nitrogens with one attached hydrogen (secondary N) is 3. The number of nitrogens with two attached hydrogens (primary N) is 1. The number of halogens is 1. The normalized spacial score (nSPS) is 17.8. The number of likely N-dealkylation sites (tertiary alicyclic amines) is 1. The van der Waals surface area contributed by atoms with Crippen molar-refractivity contribution in [3.8, 4) is 0 Å². The standard InChI is InChI=1S/C22H38N4O4.C8H7FO2.C4H10.CH3NO/c1-7-23-21(30)25-18(22(4,5)6)20(29)26-12-13(2)10-17(26)19(28)24-16(14(3)27)11-15-8-9-15;9-8-3-1-7(2-4-8)5-11-6-10;1-4(2)3;2-1-3/h13,15-18H,7-12H2,1-6H3,(H,24,28)(H2,23,25,30);1-4,6H,5H2;4H,1-3H3;1H,(H2,2,3)/t13-,16?,17?,18?;;;/m1.../s1. The molecule has 1 saturated heterocycles. The van der Waals surface area contributed by atoms with Crippen LogP contribution in [-0.2, 0) is 35.3 Å². The minimum Gasteiger partial charge on any atom is -0.463 e. The van der Waals surface area contributed by atoms with Crippen molar-refractivity contribution in [3.05, 3.63) is 35.6 Å². The highest BCUT2D eigenvalue weighted by Gasteiger charge is 2.44. The predicted molar refractivity (Wildman–Crippen MR) is 183 cm³/mol. The number of amides is 5. The predicted octanol–water partition coefficient (Wildman–Crippen LogP) is 4.09. The van der Waals surface area contributed by atoms with Crippen molar-refractivity contribution >= 4 is 36.5 Å². The molecule has 1 heterocycles. The maximum atomic E-state index is 13.4. The summed E-state index contributed by atoms with van der Waals surface area (Å²) >= 11 is 0. The maximum Gasteiger partial charge on any atom is 0.315 e. The molecule has 4 atom stereocenters. The maximum absolute atomic E-state index is 13.4. The van der Waals surface area contributed by atoms with Gasteiger partial charge in [-0.3, -0.25) is 24.0 Å². The average molecular weight is 680 g/mol. The molecule has 0 aromatic heterocycles. The smallest absolute Gasteiger partial charge is 0.315 e. The third kappa shape index (κ3) is 18.3. The molecule has 13 heteroatoms. The van der Waals surface area contributed by atoms with Gasteiger partial charge >= 0.3 is 6.03 Å². The third-order valence-electron chi connectivity index (χ3n) is 7.13. The SMILES string of the molecule is CC(C)C.CCNC(=O)NC(C(=O)N1C[C@H](C)CC1C(=O)NC(CC1CC1)C(C)=O)C(C)(C)C.NC=O.O=COCc1ccc(F)cc1. The number of hydrogen-bond donors (Lipinski definition) is 4. The molecule has 2 aliphatic rings. The highest BCUT2D eigenvalue weighted by Crippen LogP contribution is 2.34. The molecule has 1 aromatic rings. The Morgan fingerprint density at radius 3 is 2.04 bits per heavy atom. The molecular formula is C35H58FN5O7. The molecule has 3 unspecified atom stereocenters. The summed E-state index contributed by atoms with van der Waals surface area (Å²) in [6.45, 7) is 18.9. The molecule has 0 spiro atoms. The summed E-state index contributed by atoms with van der Waals surface area (Å²) in [6, 6.07) is 3.49. The topological polar surface area (TPSA) is 177 Å². The molecule has 272 valence electrons. The van der Waals surface area contributed by atoms with E-state index in [1.165, 1.54) is 19.1 Å². The van der Waals surface area contributed by atoms with Gasteiger partial charge < -0.3 is 31.3 Å². The Hall–Kier alpha value is -4.03. The second-order valence-electron chi connectivity index (χ2n) is 13.9. The van der Waals surface area contributed by atoms with Crippen LogP contribution in [0.15, 0.2) is 24.3 Å². The Bertz CT molecular complexity index is 1150. The lowest BCUT2D eigenvalue weighted by molar-refractivity contribution is -0.142. The number of carbonyl (C=O) groups is 6. The van der Waals surface area contributed by atoms with Crippen molar-refractivity contribution in [1.82, 2.24) is 20.9 Å². The zero-order valence-corrected chi connectivity index (χ0v) is 30.1. The summed E-state index contributed by atoms with van der Waals surface area (Å²) in [5, 5.41) is 8.33. The molecule has 1 aromatic carbocycles. The molecule has 5 amide bonds. The van der Waals surface area contributed by atoms with Crippen molar-refractivity contribution in [3.63, 3.8) is 0 Å². The van der Waals surface area contributed by atoms with Crippen molar-refractivity contribution in [2.45, 2.75) is 113 Å². The molecule has 1 aliphatic heterocycles. The molecule has 48 heavy (non-hydrogen) atoms. The lowest BCUT2D eigenvalue weighted by Crippen LogP contribution is -2.59. The molecule has 1 saturated carbocycles. The lowest BCUT2D eigenvalue weighted by Gasteiger charge is -2.35. The van der Waals surface area contributed by atoms with Crippen molar-refractivity contribution in [2.24, 2.45) is 28.9 Å². The van der Waals surface area contributed by atoms with Gasteiger partial charge in [-0.2, -0.15) is 0 Å². The Morgan fingerprint density at radius 1 is 1.06 bits per heavy atom. The van der Waals surface area contributed by atoms with Crippen LogP contribution >= 0.6 is 0 Å². The van der Waals surface area contributed by atoms with Gasteiger partial charge in [0.2, 0.25) is 18.2 Å². The number of primary amides is 1. The summed E-state index contributed by atoms with van der Waals surface area (Å²) < 4.78 is 16.8. The molecule has 0 bridgehead atoms. The van der Waals surface area contributed by atoms with Crippen LogP contribution in [0.1, 0.15) is 93.6 Å². The fraction of sp³-hybridized carbons (Fsp3) is 0.657. The van der Waals surface area contributed by atoms with Crippen LogP contribution < -0.4 is 21.7 Å². The van der Waals surface area contributed by atoms with Crippen LogP contribution in [0.5, 0.6) is 0 Å². The van der Waals surface area contributed by atoms with Gasteiger partial charge in [0.1, 0.15) is 24.5 Å². The molecular weight excluding hydrogens is 621 g/mol. The van der Waals surface area contributed by atoms with E-state index in [0.29, 0.717) is 38.3 Å². The number of ether oxygens (including phenoxy) is 1. The zero-order valence-electron chi connectivity index (χ0n) is 30.1. The minimum atomic E-state index is -0.764. The molecule has 1 aliphatic carbocycles. The fourth-order valence-corrected chi connectivity index (χ4v) is 4.69. The van der Waals surface area contributed by atoms with E-state index in [1.54, 1.807) is 17.0 Å². The number of hydrogen-bond acceptors (Lipinski definition) is 7. The number of ketones is 1. The lowest BCUT2D eigenvalue weighted by atomic mass is 9.85. The highest BCUT2D eigenvalue weighted by molar-refractivity contribution is 5.94. The van der Waals surface area contributed by atoms with Gasteiger partial charge in [-0.1, -0.05) is 73.4 Å². The van der Waals surface area contributed by atoms with E-state index in [1.807, 2.05) is 34.6 Å². The monoisotopic (exact) mass is 679 g/mol. The Balaban J connectivity index is 0.00000100. The molecule has 12 nitrogen and oxygen atoms in total. The van der Waals surface area contributed by atoms with Crippen LogP contribution in [0.3, 0.4) is 0 Å². The van der Waals surface area contributed by atoms with E-state index in [4.69, 9.17) is 4.79 Å². The second-order valence-corrected chi connectivity index (χ2v) is 13.9. The third-order valence-corrected chi connectivity index (χ3v) is 7.13. The van der Waals surface area contributed by atoms with Crippen LogP contribution in [0.4, 0.5) is 9.18 Å². The molecule has 5 N–H and O–H groups in total. The van der Waals surface area contributed by atoms with E-state index in [2.05, 4.69) is 47.2 Å². The Labute approximate surface area is 285 Å². The average Bonchev–Trinajstić information content (AvgIpc) is 3.72. The fourth-order valence-electron chi connectivity index (χ4n) is 4.69. The van der Waals surface area contributed by atoms with Crippen LogP contribution in [0.25, 0.3) is 0 Å². The van der Waals surface area contributed by atoms with Gasteiger partial charge in [0.15, 0.2) is 5.78 Å². The van der Waals surface area contributed by atoms with Crippen LogP contribution in [0, 0.1) is 29.0 Å². The molecule has 0 radical (unpaired) electrons. The second kappa shape index (κ2) is 22.5. The highest BCUT2D eigenvalue weighted by atomic mass is 19.1. The summed E-state index contributed by atoms with van der Waals surface area (Å²) in [7, 11) is 0. The van der Waals surface area contributed by atoms with E-state index in [9.17, 15) is 28.4 Å². The molecule has 3 rings (SSSR count). The summed E-state index contributed by atoms with van der Waals surface area (Å²) in [4.78, 5) is 70.5. The zero-order chi connectivity index (χ0) is 37.0. The van der Waals surface area contributed by atoms with E-state index < -0.39 is 29.6 Å². The summed E-state index contributed by atoms with van der Waals surface area (Å²) in [5.74, 6) is 0.614. The first kappa shape index (κ1) is 44.0. The van der Waals surface area contributed by atoms with Gasteiger partial charge in [-0.05, 0) is 67.6 Å². The Morgan fingerprint density at radius 2 is 1.60 bits per heavy atom. The van der Waals surface area contributed by atoms with Gasteiger partial charge in [-0.25, -0.2) is 9.18 Å². The number of benzene rings is 1. The number of urea groups is 1. The van der Waals surface area contributed by atoms with E-state index in [0.717, 1.165) is 24.3 Å². The van der Waals surface area contributed by atoms with Gasteiger partial charge in [0, 0.05) is 13.1 Å². The van der Waals surface area contributed by atoms with Crippen molar-refractivity contribution < 1.29 is 37.9 Å². The number of rotatable bonds is 11. The van der Waals surface area contributed by atoms with Gasteiger partial charge in [0.05, 0.1) is 6.04 Å². The first-order valence-corrected chi connectivity index (χ1v) is 16.5. The number of nitrogens with zero attached hydrogens (tertiary/aromatic N) is 1. The minimum absolute atomic E-state index is 0.0513. The number of carbonyl (C=O) groups excluding carboxylic acids is 6. The first-order valence-electron chi connectivity index (χ1n) is 16.5. The first-order chi connectivity index (χ1) is 22.4. The van der Waals surface area contributed by atoms with E-state index in [-0.39, 0.29) is 42.3 Å². The number of Topliss-reactive ketones (excluding diaryl/α,β-unsaturated/α-hetero) is 1. The Kier molecular flexibility index (Phi) is 20.6. The van der Waals surface area contributed by atoms with Crippen LogP contribution in [-0.4, -0.2) is 72.6 Å². The van der Waals surface area contributed by atoms with Gasteiger partial charge in [-0.15, -0.1) is 0 Å². The largest absolute Gasteiger partial charge is 0.463 e. The van der Waals surface area contributed by atoms with E-state index >= 15 is 0 Å². The summed E-state index contributed by atoms with van der Waals surface area (Å²) in [6.07, 6.45) is 3.66. The quantitative estimate of drug-likeness (QED) is 0.255. The van der Waals surface area contributed by atoms with Gasteiger partial charge in [0.25, 0.3) is 6.47 Å². The summed E-state index contributed by atoms with van der Waals surface area (Å²) in [5.41, 5.74) is 4.42.